The van der Waals surface area contributed by atoms with E-state index in [0.29, 0.717) is 61.6 Å². The normalized spacial score (nSPS) is 20.8. The smallest absolute Gasteiger partial charge is 0.395 e. The second kappa shape index (κ2) is 10.9. The summed E-state index contributed by atoms with van der Waals surface area (Å²) in [5.41, 5.74) is 0.914. The van der Waals surface area contributed by atoms with Gasteiger partial charge in [-0.25, -0.2) is 13.4 Å². The van der Waals surface area contributed by atoms with Gasteiger partial charge in [-0.05, 0) is 38.5 Å². The molecule has 0 radical (unpaired) electrons. The molecule has 2 aliphatic rings. The summed E-state index contributed by atoms with van der Waals surface area (Å²) in [5.74, 6) is -0.971. The van der Waals surface area contributed by atoms with Gasteiger partial charge in [0.2, 0.25) is 0 Å². The van der Waals surface area contributed by atoms with Gasteiger partial charge in [-0.3, -0.25) is 9.48 Å². The van der Waals surface area contributed by atoms with Crippen LogP contribution in [0.3, 0.4) is 0 Å². The summed E-state index contributed by atoms with van der Waals surface area (Å²) >= 11 is 6.64. The molecule has 1 saturated carbocycles. The minimum Gasteiger partial charge on any atom is -0.496 e. The zero-order valence-corrected chi connectivity index (χ0v) is 23.0. The molecule has 1 saturated heterocycles. The fourth-order valence-corrected chi connectivity index (χ4v) is 6.43. The molecule has 210 valence electrons. The number of aryl methyl sites for hydroxylation is 1. The molecule has 0 atom stereocenters. The second-order valence-electron chi connectivity index (χ2n) is 9.90. The number of rotatable bonds is 8. The van der Waals surface area contributed by atoms with Crippen LogP contribution < -0.4 is 15.0 Å². The third kappa shape index (κ3) is 5.88. The molecule has 0 aromatic carbocycles. The number of hydrogen-bond donors (Lipinski definition) is 1. The number of ether oxygens (including phenoxy) is 1. The van der Waals surface area contributed by atoms with Gasteiger partial charge in [0.05, 0.1) is 34.6 Å². The number of alkyl halides is 3. The first kappa shape index (κ1) is 28.5. The number of amides is 1. The van der Waals surface area contributed by atoms with Gasteiger partial charge in [0.15, 0.2) is 5.69 Å². The number of halogens is 4. The van der Waals surface area contributed by atoms with Gasteiger partial charge in [0.1, 0.15) is 21.4 Å². The molecular weight excluding hydrogens is 547 g/mol. The lowest BCUT2D eigenvalue weighted by molar-refractivity contribution is -0.180. The van der Waals surface area contributed by atoms with Crippen LogP contribution in [0.5, 0.6) is 5.75 Å². The van der Waals surface area contributed by atoms with E-state index in [2.05, 4.69) is 15.4 Å². The number of aromatic nitrogens is 3. The average Bonchev–Trinajstić information content (AvgIpc) is 3.16. The van der Waals surface area contributed by atoms with Crippen LogP contribution in [0, 0.1) is 11.8 Å². The Morgan fingerprint density at radius 2 is 1.89 bits per heavy atom. The summed E-state index contributed by atoms with van der Waals surface area (Å²) in [6.45, 7) is 2.26. The monoisotopic (exact) mass is 577 g/mol. The molecule has 14 heteroatoms. The predicted octanol–water partition coefficient (Wildman–Crippen LogP) is 3.96. The number of carbonyl (C=O) groups is 1. The minimum atomic E-state index is -4.24. The van der Waals surface area contributed by atoms with Crippen molar-refractivity contribution in [3.8, 4) is 17.0 Å². The molecule has 0 unspecified atom stereocenters. The maximum absolute atomic E-state index is 13.0. The van der Waals surface area contributed by atoms with Crippen LogP contribution in [-0.2, 0) is 16.4 Å². The number of methoxy groups -OCH3 is 1. The van der Waals surface area contributed by atoms with Crippen LogP contribution in [0.1, 0.15) is 43.1 Å². The zero-order chi connectivity index (χ0) is 27.8. The number of pyridine rings is 1. The fourth-order valence-electron chi connectivity index (χ4n) is 4.98. The highest BCUT2D eigenvalue weighted by Gasteiger charge is 2.47. The van der Waals surface area contributed by atoms with Crippen molar-refractivity contribution in [3.63, 3.8) is 0 Å². The van der Waals surface area contributed by atoms with Gasteiger partial charge in [-0.2, -0.15) is 18.3 Å². The van der Waals surface area contributed by atoms with Gasteiger partial charge < -0.3 is 15.0 Å². The van der Waals surface area contributed by atoms with Crippen molar-refractivity contribution >= 4 is 33.2 Å². The summed E-state index contributed by atoms with van der Waals surface area (Å²) in [6, 6.07) is 1.55. The summed E-state index contributed by atoms with van der Waals surface area (Å²) in [7, 11) is -1.63. The van der Waals surface area contributed by atoms with E-state index in [-0.39, 0.29) is 35.0 Å². The lowest BCUT2D eigenvalue weighted by Gasteiger charge is -2.41. The average molecular weight is 578 g/mol. The Kier molecular flexibility index (Phi) is 8.17. The molecule has 3 heterocycles. The van der Waals surface area contributed by atoms with Crippen molar-refractivity contribution in [1.29, 1.82) is 0 Å². The van der Waals surface area contributed by atoms with Crippen LogP contribution >= 0.6 is 11.6 Å². The molecule has 0 bridgehead atoms. The van der Waals surface area contributed by atoms with Crippen molar-refractivity contribution in [1.82, 2.24) is 20.1 Å². The molecule has 38 heavy (non-hydrogen) atoms. The Labute approximate surface area is 224 Å². The molecule has 4 rings (SSSR count). The quantitative estimate of drug-likeness (QED) is 0.506. The third-order valence-corrected chi connectivity index (χ3v) is 9.40. The van der Waals surface area contributed by atoms with Crippen LogP contribution in [0.4, 0.5) is 19.0 Å². The van der Waals surface area contributed by atoms with Crippen molar-refractivity contribution in [3.05, 3.63) is 23.0 Å². The lowest BCUT2D eigenvalue weighted by Crippen LogP contribution is -2.53. The first-order valence-electron chi connectivity index (χ1n) is 12.4. The highest BCUT2D eigenvalue weighted by atomic mass is 35.5. The molecule has 9 nitrogen and oxygen atoms in total. The number of sulfone groups is 1. The SMILES string of the molecule is CCn1nc(C(=O)NCC2CCC(S(C)(=O)=O)CC2)c(Cl)c1-c1cnc(N2CC(C(F)(F)F)C2)cc1OC. The van der Waals surface area contributed by atoms with E-state index in [1.54, 1.807) is 10.7 Å². The highest BCUT2D eigenvalue weighted by molar-refractivity contribution is 7.91. The lowest BCUT2D eigenvalue weighted by atomic mass is 9.89. The van der Waals surface area contributed by atoms with Crippen LogP contribution in [-0.4, -0.2) is 73.5 Å². The Morgan fingerprint density at radius 3 is 2.45 bits per heavy atom. The molecule has 1 aliphatic carbocycles. The van der Waals surface area contributed by atoms with E-state index >= 15 is 0 Å². The molecule has 2 fully saturated rings. The van der Waals surface area contributed by atoms with Crippen LogP contribution in [0.15, 0.2) is 12.3 Å². The third-order valence-electron chi connectivity index (χ3n) is 7.35. The van der Waals surface area contributed by atoms with E-state index in [1.807, 2.05) is 6.92 Å². The Hall–Kier alpha value is -2.54. The van der Waals surface area contributed by atoms with Crippen molar-refractivity contribution in [2.75, 3.05) is 37.9 Å². The van der Waals surface area contributed by atoms with Gasteiger partial charge in [0, 0.05) is 44.7 Å². The van der Waals surface area contributed by atoms with Crippen molar-refractivity contribution in [2.24, 2.45) is 11.8 Å². The standard InChI is InChI=1S/C24H31ClF3N5O4S/c1-4-33-22(17-11-29-19(9-18(17)37-2)32-12-15(13-32)24(26,27)28)20(25)21(31-33)23(34)30-10-14-5-7-16(8-6-14)38(3,35)36/h9,11,14-16H,4-8,10,12-13H2,1-3H3,(H,30,34). The first-order valence-corrected chi connectivity index (χ1v) is 14.8. The Morgan fingerprint density at radius 1 is 1.24 bits per heavy atom. The van der Waals surface area contributed by atoms with E-state index in [0.717, 1.165) is 0 Å². The number of carbonyl (C=O) groups excluding carboxylic acids is 1. The summed E-state index contributed by atoms with van der Waals surface area (Å²) in [4.78, 5) is 18.8. The summed E-state index contributed by atoms with van der Waals surface area (Å²) < 4.78 is 69.3. The number of anilines is 1. The Balaban J connectivity index is 1.48. The van der Waals surface area contributed by atoms with E-state index in [9.17, 15) is 26.4 Å². The van der Waals surface area contributed by atoms with Crippen molar-refractivity contribution in [2.45, 2.75) is 50.6 Å². The maximum atomic E-state index is 13.0. The summed E-state index contributed by atoms with van der Waals surface area (Å²) in [6.07, 6.45) is 1.04. The molecular formula is C24H31ClF3N5O4S. The van der Waals surface area contributed by atoms with Crippen LogP contribution in [0.2, 0.25) is 5.02 Å². The van der Waals surface area contributed by atoms with Gasteiger partial charge in [0.25, 0.3) is 5.91 Å². The first-order chi connectivity index (χ1) is 17.8. The molecule has 2 aromatic heterocycles. The second-order valence-corrected chi connectivity index (χ2v) is 12.6. The van der Waals surface area contributed by atoms with Gasteiger partial charge in [-0.15, -0.1) is 0 Å². The molecule has 1 aliphatic heterocycles. The molecule has 0 spiro atoms. The highest BCUT2D eigenvalue weighted by Crippen LogP contribution is 2.40. The predicted molar refractivity (Wildman–Crippen MR) is 137 cm³/mol. The van der Waals surface area contributed by atoms with Crippen molar-refractivity contribution < 1.29 is 31.1 Å². The topological polar surface area (TPSA) is 106 Å². The number of hydrogen-bond acceptors (Lipinski definition) is 7. The largest absolute Gasteiger partial charge is 0.496 e. The van der Waals surface area contributed by atoms with E-state index < -0.39 is 27.8 Å². The van der Waals surface area contributed by atoms with Gasteiger partial charge in [-0.1, -0.05) is 11.6 Å². The summed E-state index contributed by atoms with van der Waals surface area (Å²) in [5, 5.41) is 7.04. The fraction of sp³-hybridized carbons (Fsp3) is 0.625. The Bertz CT molecular complexity index is 1290. The molecule has 1 amide bonds. The van der Waals surface area contributed by atoms with E-state index in [1.165, 1.54) is 24.5 Å². The molecule has 1 N–H and O–H groups in total. The van der Waals surface area contributed by atoms with Crippen LogP contribution in [0.25, 0.3) is 11.3 Å². The molecule has 2 aromatic rings. The zero-order valence-electron chi connectivity index (χ0n) is 21.4. The van der Waals surface area contributed by atoms with Gasteiger partial charge >= 0.3 is 6.18 Å². The maximum Gasteiger partial charge on any atom is 0.395 e. The number of nitrogens with one attached hydrogen (secondary N) is 1. The minimum absolute atomic E-state index is 0.0373. The number of nitrogens with zero attached hydrogens (tertiary/aromatic N) is 4. The van der Waals surface area contributed by atoms with E-state index in [4.69, 9.17) is 16.3 Å².